The second-order valence-corrected chi connectivity index (χ2v) is 7.29. The van der Waals surface area contributed by atoms with Gasteiger partial charge in [0.15, 0.2) is 5.16 Å². The number of carbonyl (C=O) groups excluding carboxylic acids is 1. The smallest absolute Gasteiger partial charge is 0.251 e. The van der Waals surface area contributed by atoms with Crippen molar-refractivity contribution >= 4 is 28.7 Å². The molecule has 0 fully saturated rings. The minimum Gasteiger partial charge on any atom is -0.351 e. The molecule has 0 aliphatic rings. The highest BCUT2D eigenvalue weighted by Crippen LogP contribution is 2.23. The fourth-order valence-corrected chi connectivity index (χ4v) is 3.71. The fourth-order valence-electron chi connectivity index (χ4n) is 2.87. The van der Waals surface area contributed by atoms with E-state index in [2.05, 4.69) is 34.0 Å². The minimum atomic E-state index is -0.0151. The van der Waals surface area contributed by atoms with Crippen LogP contribution in [-0.4, -0.2) is 47.0 Å². The van der Waals surface area contributed by atoms with E-state index in [9.17, 15) is 4.79 Å². The lowest BCUT2D eigenvalue weighted by atomic mass is 10.1. The summed E-state index contributed by atoms with van der Waals surface area (Å²) in [5, 5.41) is 3.90. The third-order valence-electron chi connectivity index (χ3n) is 4.57. The molecule has 3 rings (SSSR count). The predicted molar refractivity (Wildman–Crippen MR) is 112 cm³/mol. The fraction of sp³-hybridized carbons (Fsp3) is 0.333. The standard InChI is InChI=1S/C21H26N4OS/c1-3-25(4-2)14-13-22-20(26)17-11-9-16(10-12-17)15-27-21-23-18-7-5-6-8-19(18)24-21/h5-12H,3-4,13-15H2,1-2H3,(H,22,26)(H,23,24). The number of aromatic amines is 1. The molecule has 0 aliphatic heterocycles. The first-order chi connectivity index (χ1) is 13.2. The molecule has 1 heterocycles. The van der Waals surface area contributed by atoms with Crippen LogP contribution in [0.25, 0.3) is 11.0 Å². The van der Waals surface area contributed by atoms with Gasteiger partial charge in [0.25, 0.3) is 5.91 Å². The number of hydrogen-bond donors (Lipinski definition) is 2. The van der Waals surface area contributed by atoms with Crippen molar-refractivity contribution in [2.75, 3.05) is 26.2 Å². The molecule has 3 aromatic rings. The van der Waals surface area contributed by atoms with Gasteiger partial charge in [-0.2, -0.15) is 0 Å². The van der Waals surface area contributed by atoms with Crippen molar-refractivity contribution in [3.05, 3.63) is 59.7 Å². The van der Waals surface area contributed by atoms with Gasteiger partial charge in [0.05, 0.1) is 11.0 Å². The minimum absolute atomic E-state index is 0.0151. The van der Waals surface area contributed by atoms with E-state index in [1.807, 2.05) is 48.5 Å². The van der Waals surface area contributed by atoms with Gasteiger partial charge in [-0.05, 0) is 42.9 Å². The first-order valence-corrected chi connectivity index (χ1v) is 10.3. The van der Waals surface area contributed by atoms with Crippen LogP contribution in [0.1, 0.15) is 29.8 Å². The van der Waals surface area contributed by atoms with E-state index >= 15 is 0 Å². The molecule has 6 heteroatoms. The highest BCUT2D eigenvalue weighted by atomic mass is 32.2. The Morgan fingerprint density at radius 1 is 1.11 bits per heavy atom. The van der Waals surface area contributed by atoms with Crippen molar-refractivity contribution < 1.29 is 4.79 Å². The van der Waals surface area contributed by atoms with Gasteiger partial charge in [-0.15, -0.1) is 0 Å². The summed E-state index contributed by atoms with van der Waals surface area (Å²) in [4.78, 5) is 22.4. The third-order valence-corrected chi connectivity index (χ3v) is 5.51. The molecule has 2 N–H and O–H groups in total. The lowest BCUT2D eigenvalue weighted by Gasteiger charge is -2.17. The quantitative estimate of drug-likeness (QED) is 0.551. The molecule has 142 valence electrons. The summed E-state index contributed by atoms with van der Waals surface area (Å²) in [5.41, 5.74) is 3.90. The molecule has 0 atom stereocenters. The number of amides is 1. The van der Waals surface area contributed by atoms with Crippen LogP contribution in [0.15, 0.2) is 53.7 Å². The van der Waals surface area contributed by atoms with Crippen LogP contribution in [0, 0.1) is 0 Å². The lowest BCUT2D eigenvalue weighted by Crippen LogP contribution is -2.34. The number of imidazole rings is 1. The van der Waals surface area contributed by atoms with Gasteiger partial charge in [0, 0.05) is 24.4 Å². The second kappa shape index (κ2) is 9.58. The maximum Gasteiger partial charge on any atom is 0.251 e. The molecule has 0 aliphatic carbocycles. The zero-order valence-electron chi connectivity index (χ0n) is 15.9. The zero-order chi connectivity index (χ0) is 19.1. The van der Waals surface area contributed by atoms with E-state index in [0.29, 0.717) is 12.1 Å². The number of nitrogens with zero attached hydrogens (tertiary/aromatic N) is 2. The summed E-state index contributed by atoms with van der Waals surface area (Å²) in [7, 11) is 0. The third kappa shape index (κ3) is 5.34. The monoisotopic (exact) mass is 382 g/mol. The molecule has 27 heavy (non-hydrogen) atoms. The van der Waals surface area contributed by atoms with E-state index < -0.39 is 0 Å². The molecule has 0 spiro atoms. The predicted octanol–water partition coefficient (Wildman–Crippen LogP) is 3.93. The summed E-state index contributed by atoms with van der Waals surface area (Å²) in [6.45, 7) is 7.82. The van der Waals surface area contributed by atoms with Crippen molar-refractivity contribution in [1.29, 1.82) is 0 Å². The highest BCUT2D eigenvalue weighted by molar-refractivity contribution is 7.98. The number of likely N-dealkylation sites (N-methyl/N-ethyl adjacent to an activating group) is 1. The van der Waals surface area contributed by atoms with Crippen LogP contribution < -0.4 is 5.32 Å². The van der Waals surface area contributed by atoms with Crippen molar-refractivity contribution in [1.82, 2.24) is 20.2 Å². The molecule has 0 bridgehead atoms. The molecule has 0 radical (unpaired) electrons. The van der Waals surface area contributed by atoms with Crippen molar-refractivity contribution in [3.8, 4) is 0 Å². The number of H-pyrrole nitrogens is 1. The molecular formula is C21H26N4OS. The van der Waals surface area contributed by atoms with Gasteiger partial charge < -0.3 is 15.2 Å². The van der Waals surface area contributed by atoms with Crippen molar-refractivity contribution in [2.24, 2.45) is 0 Å². The summed E-state index contributed by atoms with van der Waals surface area (Å²) in [6, 6.07) is 15.8. The van der Waals surface area contributed by atoms with E-state index in [0.717, 1.165) is 41.6 Å². The van der Waals surface area contributed by atoms with Gasteiger partial charge in [0.2, 0.25) is 0 Å². The maximum atomic E-state index is 12.2. The first-order valence-electron chi connectivity index (χ1n) is 9.36. The van der Waals surface area contributed by atoms with E-state index in [1.54, 1.807) is 11.8 Å². The Morgan fingerprint density at radius 3 is 2.56 bits per heavy atom. The number of aromatic nitrogens is 2. The van der Waals surface area contributed by atoms with Gasteiger partial charge in [-0.1, -0.05) is 49.9 Å². The van der Waals surface area contributed by atoms with Gasteiger partial charge in [0.1, 0.15) is 0 Å². The lowest BCUT2D eigenvalue weighted by molar-refractivity contribution is 0.0949. The van der Waals surface area contributed by atoms with Gasteiger partial charge >= 0.3 is 0 Å². The number of rotatable bonds is 9. The van der Waals surface area contributed by atoms with Crippen LogP contribution in [0.2, 0.25) is 0 Å². The molecular weight excluding hydrogens is 356 g/mol. The number of nitrogens with one attached hydrogen (secondary N) is 2. The van der Waals surface area contributed by atoms with Crippen LogP contribution in [0.5, 0.6) is 0 Å². The highest BCUT2D eigenvalue weighted by Gasteiger charge is 2.07. The summed E-state index contributed by atoms with van der Waals surface area (Å²) < 4.78 is 0. The number of para-hydroxylation sites is 2. The maximum absolute atomic E-state index is 12.2. The first kappa shape index (κ1) is 19.5. The number of fused-ring (bicyclic) bond motifs is 1. The van der Waals surface area contributed by atoms with Crippen molar-refractivity contribution in [2.45, 2.75) is 24.8 Å². The molecule has 1 aromatic heterocycles. The van der Waals surface area contributed by atoms with E-state index in [1.165, 1.54) is 5.56 Å². The average molecular weight is 383 g/mol. The largest absolute Gasteiger partial charge is 0.351 e. The Kier molecular flexibility index (Phi) is 6.90. The molecule has 2 aromatic carbocycles. The number of carbonyl (C=O) groups is 1. The Hall–Kier alpha value is -2.31. The second-order valence-electron chi connectivity index (χ2n) is 6.33. The van der Waals surface area contributed by atoms with Gasteiger partial charge in [-0.3, -0.25) is 4.79 Å². The van der Waals surface area contributed by atoms with Crippen LogP contribution in [0.3, 0.4) is 0 Å². The summed E-state index contributed by atoms with van der Waals surface area (Å²) >= 11 is 1.66. The molecule has 0 unspecified atom stereocenters. The van der Waals surface area contributed by atoms with E-state index in [-0.39, 0.29) is 5.91 Å². The summed E-state index contributed by atoms with van der Waals surface area (Å²) in [5.74, 6) is 0.794. The Balaban J connectivity index is 1.50. The molecule has 0 saturated carbocycles. The van der Waals surface area contributed by atoms with Crippen LogP contribution in [-0.2, 0) is 5.75 Å². The average Bonchev–Trinajstić information content (AvgIpc) is 3.13. The van der Waals surface area contributed by atoms with Crippen LogP contribution in [0.4, 0.5) is 0 Å². The zero-order valence-corrected chi connectivity index (χ0v) is 16.7. The van der Waals surface area contributed by atoms with Crippen molar-refractivity contribution in [3.63, 3.8) is 0 Å². The normalized spacial score (nSPS) is 11.2. The topological polar surface area (TPSA) is 61.0 Å². The Labute approximate surface area is 164 Å². The number of thioether (sulfide) groups is 1. The Morgan fingerprint density at radius 2 is 1.85 bits per heavy atom. The SMILES string of the molecule is CCN(CC)CCNC(=O)c1ccc(CSc2nc3ccccc3[nH]2)cc1. The molecule has 1 amide bonds. The molecule has 5 nitrogen and oxygen atoms in total. The van der Waals surface area contributed by atoms with E-state index in [4.69, 9.17) is 0 Å². The molecule has 0 saturated heterocycles. The van der Waals surface area contributed by atoms with Gasteiger partial charge in [-0.25, -0.2) is 4.98 Å². The summed E-state index contributed by atoms with van der Waals surface area (Å²) in [6.07, 6.45) is 0. The number of benzene rings is 2. The number of hydrogen-bond acceptors (Lipinski definition) is 4. The Bertz CT molecular complexity index is 838. The van der Waals surface area contributed by atoms with Crippen LogP contribution >= 0.6 is 11.8 Å².